The molecule has 1 aliphatic heterocycles. The van der Waals surface area contributed by atoms with Gasteiger partial charge in [0, 0.05) is 24.1 Å². The molecule has 0 aliphatic carbocycles. The zero-order valence-corrected chi connectivity index (χ0v) is 16.4. The van der Waals surface area contributed by atoms with Gasteiger partial charge in [-0.1, -0.05) is 47.6 Å². The molecule has 1 aliphatic rings. The minimum absolute atomic E-state index is 0.196. The normalized spacial score (nSPS) is 18.3. The molecule has 2 aromatic carbocycles. The van der Waals surface area contributed by atoms with Crippen molar-refractivity contribution in [3.63, 3.8) is 0 Å². The van der Waals surface area contributed by atoms with Crippen molar-refractivity contribution in [1.29, 1.82) is 0 Å². The van der Waals surface area contributed by atoms with Crippen LogP contribution in [-0.2, 0) is 10.0 Å². The minimum atomic E-state index is -3.56. The van der Waals surface area contributed by atoms with Crippen LogP contribution in [0.25, 0.3) is 17.5 Å². The average molecular weight is 413 g/mol. The Labute approximate surface area is 168 Å². The number of halogens is 1. The van der Waals surface area contributed by atoms with Crippen LogP contribution in [0, 0.1) is 5.82 Å². The number of aromatic nitrogens is 2. The highest BCUT2D eigenvalue weighted by atomic mass is 32.2. The van der Waals surface area contributed by atoms with Crippen molar-refractivity contribution < 1.29 is 17.3 Å². The molecular weight excluding hydrogens is 393 g/mol. The first-order valence-corrected chi connectivity index (χ1v) is 10.8. The third-order valence-electron chi connectivity index (χ3n) is 4.85. The molecule has 0 amide bonds. The molecule has 150 valence electrons. The third-order valence-corrected chi connectivity index (χ3v) is 6.38. The standard InChI is InChI=1S/C21H20FN3O3S/c22-19-10-4-8-17(14-19)20-23-21(28-24-20)18-9-5-12-25(15-18)29(26,27)13-11-16-6-2-1-3-7-16/h1-4,6-8,10-11,13-14,18H,5,9,12,15H2/b13-11+. The van der Waals surface area contributed by atoms with Gasteiger partial charge in [0.1, 0.15) is 5.82 Å². The van der Waals surface area contributed by atoms with Gasteiger partial charge in [-0.2, -0.15) is 9.29 Å². The van der Waals surface area contributed by atoms with E-state index in [1.807, 2.05) is 30.3 Å². The molecule has 6 nitrogen and oxygen atoms in total. The lowest BCUT2D eigenvalue weighted by molar-refractivity contribution is 0.267. The third kappa shape index (κ3) is 4.60. The van der Waals surface area contributed by atoms with E-state index in [2.05, 4.69) is 10.1 Å². The maximum Gasteiger partial charge on any atom is 0.236 e. The first-order valence-electron chi connectivity index (χ1n) is 9.34. The van der Waals surface area contributed by atoms with Gasteiger partial charge < -0.3 is 4.52 Å². The van der Waals surface area contributed by atoms with Crippen LogP contribution in [0.1, 0.15) is 30.2 Å². The summed E-state index contributed by atoms with van der Waals surface area (Å²) in [6.07, 6.45) is 3.04. The number of rotatable bonds is 5. The summed E-state index contributed by atoms with van der Waals surface area (Å²) in [5.41, 5.74) is 1.34. The zero-order valence-electron chi connectivity index (χ0n) is 15.6. The fourth-order valence-electron chi connectivity index (χ4n) is 3.34. The van der Waals surface area contributed by atoms with E-state index in [0.717, 1.165) is 12.0 Å². The smallest absolute Gasteiger partial charge is 0.236 e. The maximum absolute atomic E-state index is 13.4. The van der Waals surface area contributed by atoms with Crippen LogP contribution >= 0.6 is 0 Å². The fraction of sp³-hybridized carbons (Fsp3) is 0.238. The van der Waals surface area contributed by atoms with Crippen molar-refractivity contribution in [2.45, 2.75) is 18.8 Å². The summed E-state index contributed by atoms with van der Waals surface area (Å²) in [4.78, 5) is 4.37. The fourth-order valence-corrected chi connectivity index (χ4v) is 4.61. The molecule has 1 unspecified atom stereocenters. The van der Waals surface area contributed by atoms with Crippen LogP contribution in [0.2, 0.25) is 0 Å². The number of hydrogen-bond donors (Lipinski definition) is 0. The van der Waals surface area contributed by atoms with Crippen LogP contribution in [-0.4, -0.2) is 36.0 Å². The molecule has 3 aromatic rings. The summed E-state index contributed by atoms with van der Waals surface area (Å²) in [6, 6.07) is 15.2. The van der Waals surface area contributed by atoms with Gasteiger partial charge in [0.25, 0.3) is 0 Å². The van der Waals surface area contributed by atoms with Gasteiger partial charge in [-0.25, -0.2) is 12.8 Å². The molecule has 8 heteroatoms. The van der Waals surface area contributed by atoms with Gasteiger partial charge in [-0.15, -0.1) is 0 Å². The first-order chi connectivity index (χ1) is 14.0. The van der Waals surface area contributed by atoms with E-state index < -0.39 is 10.0 Å². The van der Waals surface area contributed by atoms with Crippen LogP contribution in [0.5, 0.6) is 0 Å². The second-order valence-electron chi connectivity index (χ2n) is 6.92. The molecule has 1 atom stereocenters. The second-order valence-corrected chi connectivity index (χ2v) is 8.74. The molecule has 1 aromatic heterocycles. The van der Waals surface area contributed by atoms with Crippen molar-refractivity contribution in [1.82, 2.24) is 14.4 Å². The molecule has 1 fully saturated rings. The molecule has 0 spiro atoms. The van der Waals surface area contributed by atoms with Gasteiger partial charge in [-0.3, -0.25) is 0 Å². The molecule has 29 heavy (non-hydrogen) atoms. The summed E-state index contributed by atoms with van der Waals surface area (Å²) < 4.78 is 45.7. The van der Waals surface area contributed by atoms with Crippen molar-refractivity contribution in [3.05, 3.63) is 77.3 Å². The SMILES string of the molecule is O=S(=O)(/C=C/c1ccccc1)N1CCCC(c2nc(-c3cccc(F)c3)no2)C1. The van der Waals surface area contributed by atoms with Crippen LogP contribution in [0.3, 0.4) is 0 Å². The zero-order chi connectivity index (χ0) is 20.3. The van der Waals surface area contributed by atoms with Gasteiger partial charge in [-0.05, 0) is 36.6 Å². The van der Waals surface area contributed by atoms with E-state index in [1.165, 1.54) is 21.8 Å². The highest BCUT2D eigenvalue weighted by molar-refractivity contribution is 7.92. The molecule has 2 heterocycles. The molecular formula is C21H20FN3O3S. The molecule has 0 N–H and O–H groups in total. The molecule has 4 rings (SSSR count). The molecule has 0 saturated carbocycles. The number of hydrogen-bond acceptors (Lipinski definition) is 5. The Balaban J connectivity index is 1.49. The summed E-state index contributed by atoms with van der Waals surface area (Å²) in [5.74, 6) is 0.0899. The number of sulfonamides is 1. The van der Waals surface area contributed by atoms with Crippen molar-refractivity contribution in [3.8, 4) is 11.4 Å². The molecule has 0 radical (unpaired) electrons. The predicted molar refractivity (Wildman–Crippen MR) is 108 cm³/mol. The van der Waals surface area contributed by atoms with Crippen molar-refractivity contribution in [2.24, 2.45) is 0 Å². The topological polar surface area (TPSA) is 76.3 Å². The number of piperidine rings is 1. The monoisotopic (exact) mass is 413 g/mol. The van der Waals surface area contributed by atoms with Gasteiger partial charge >= 0.3 is 0 Å². The maximum atomic E-state index is 13.4. The summed E-state index contributed by atoms with van der Waals surface area (Å²) in [7, 11) is -3.56. The number of benzene rings is 2. The first kappa shape index (κ1) is 19.5. The minimum Gasteiger partial charge on any atom is -0.339 e. The Morgan fingerprint density at radius 1 is 1.14 bits per heavy atom. The lowest BCUT2D eigenvalue weighted by Crippen LogP contribution is -2.38. The summed E-state index contributed by atoms with van der Waals surface area (Å²) in [6.45, 7) is 0.717. The Hall–Kier alpha value is -2.84. The Morgan fingerprint density at radius 3 is 2.76 bits per heavy atom. The lowest BCUT2D eigenvalue weighted by atomic mass is 10.00. The van der Waals surface area contributed by atoms with E-state index in [1.54, 1.807) is 18.2 Å². The van der Waals surface area contributed by atoms with E-state index in [0.29, 0.717) is 30.2 Å². The highest BCUT2D eigenvalue weighted by Crippen LogP contribution is 2.29. The van der Waals surface area contributed by atoms with E-state index in [4.69, 9.17) is 4.52 Å². The van der Waals surface area contributed by atoms with Gasteiger partial charge in [0.05, 0.1) is 5.92 Å². The van der Waals surface area contributed by atoms with Crippen molar-refractivity contribution >= 4 is 16.1 Å². The van der Waals surface area contributed by atoms with Crippen LogP contribution in [0.4, 0.5) is 4.39 Å². The van der Waals surface area contributed by atoms with E-state index >= 15 is 0 Å². The van der Waals surface area contributed by atoms with Crippen LogP contribution < -0.4 is 0 Å². The van der Waals surface area contributed by atoms with E-state index in [-0.39, 0.29) is 18.3 Å². The second kappa shape index (κ2) is 8.26. The largest absolute Gasteiger partial charge is 0.339 e. The van der Waals surface area contributed by atoms with E-state index in [9.17, 15) is 12.8 Å². The lowest BCUT2D eigenvalue weighted by Gasteiger charge is -2.29. The summed E-state index contributed by atoms with van der Waals surface area (Å²) >= 11 is 0. The predicted octanol–water partition coefficient (Wildman–Crippen LogP) is 4.06. The quantitative estimate of drug-likeness (QED) is 0.631. The highest BCUT2D eigenvalue weighted by Gasteiger charge is 2.31. The summed E-state index contributed by atoms with van der Waals surface area (Å²) in [5, 5.41) is 5.16. The van der Waals surface area contributed by atoms with Gasteiger partial charge in [0.15, 0.2) is 0 Å². The Kier molecular flexibility index (Phi) is 5.55. The Morgan fingerprint density at radius 2 is 1.97 bits per heavy atom. The Bertz CT molecular complexity index is 1110. The molecule has 1 saturated heterocycles. The van der Waals surface area contributed by atoms with Crippen LogP contribution in [0.15, 0.2) is 64.5 Å². The average Bonchev–Trinajstić information content (AvgIpc) is 3.24. The van der Waals surface area contributed by atoms with Gasteiger partial charge in [0.2, 0.25) is 21.7 Å². The molecule has 0 bridgehead atoms. The van der Waals surface area contributed by atoms with Crippen molar-refractivity contribution in [2.75, 3.05) is 13.1 Å². The number of nitrogens with zero attached hydrogens (tertiary/aromatic N) is 3.